The predicted octanol–water partition coefficient (Wildman–Crippen LogP) is 6.39. The summed E-state index contributed by atoms with van der Waals surface area (Å²) in [5.41, 5.74) is 8.76. The van der Waals surface area contributed by atoms with E-state index in [2.05, 4.69) is 16.4 Å². The van der Waals surface area contributed by atoms with Crippen molar-refractivity contribution < 1.29 is 18.0 Å². The summed E-state index contributed by atoms with van der Waals surface area (Å²) in [5.74, 6) is -1.22. The fraction of sp³-hybridized carbons (Fsp3) is 0.273. The summed E-state index contributed by atoms with van der Waals surface area (Å²) in [6, 6.07) is 23.5. The number of rotatable bonds is 11. The van der Waals surface area contributed by atoms with E-state index in [9.17, 15) is 18.0 Å². The van der Waals surface area contributed by atoms with E-state index >= 15 is 0 Å². The number of nitriles is 1. The Bertz CT molecular complexity index is 1610. The molecule has 0 aliphatic heterocycles. The van der Waals surface area contributed by atoms with Crippen LogP contribution in [-0.4, -0.2) is 31.5 Å². The molecule has 0 bridgehead atoms. The van der Waals surface area contributed by atoms with Gasteiger partial charge in [-0.2, -0.15) is 18.4 Å². The summed E-state index contributed by atoms with van der Waals surface area (Å²) in [5, 5.41) is 12.2. The van der Waals surface area contributed by atoms with Crippen molar-refractivity contribution in [2.24, 2.45) is 17.6 Å². The molecule has 7 nitrogen and oxygen atoms in total. The van der Waals surface area contributed by atoms with Gasteiger partial charge in [-0.3, -0.25) is 4.79 Å². The Labute approximate surface area is 260 Å². The highest BCUT2D eigenvalue weighted by molar-refractivity contribution is 7.80. The second-order valence-corrected chi connectivity index (χ2v) is 11.2. The zero-order chi connectivity index (χ0) is 31.9. The first-order valence-corrected chi connectivity index (χ1v) is 14.4. The number of nitrogens with one attached hydrogen (secondary N) is 1. The van der Waals surface area contributed by atoms with E-state index in [4.69, 9.17) is 23.2 Å². The SMILES string of the molecule is CC(C)[C@H](C(=O)Cc1cncn1Cc1ccc(C#N)cc1)C(N)N(Cc1ccccc1C(F)(F)F)C(=S)Nc1ccccc1. The molecule has 4 rings (SSSR count). The van der Waals surface area contributed by atoms with Crippen LogP contribution in [0.1, 0.15) is 41.8 Å². The molecule has 1 unspecified atom stereocenters. The second kappa shape index (κ2) is 14.3. The lowest BCUT2D eigenvalue weighted by molar-refractivity contribution is -0.138. The van der Waals surface area contributed by atoms with E-state index in [-0.39, 0.29) is 35.3 Å². The van der Waals surface area contributed by atoms with Crippen LogP contribution in [0.4, 0.5) is 18.9 Å². The van der Waals surface area contributed by atoms with E-state index in [0.717, 1.165) is 11.6 Å². The number of carbonyl (C=O) groups excluding carboxylic acids is 1. The Balaban J connectivity index is 1.62. The van der Waals surface area contributed by atoms with E-state index in [1.54, 1.807) is 48.9 Å². The van der Waals surface area contributed by atoms with Gasteiger partial charge in [0.1, 0.15) is 5.78 Å². The molecule has 3 aromatic carbocycles. The van der Waals surface area contributed by atoms with Crippen LogP contribution in [0.2, 0.25) is 0 Å². The number of benzene rings is 3. The van der Waals surface area contributed by atoms with Crippen LogP contribution in [0.3, 0.4) is 0 Å². The molecular formula is C33H33F3N6OS. The van der Waals surface area contributed by atoms with Gasteiger partial charge in [0.25, 0.3) is 0 Å². The monoisotopic (exact) mass is 618 g/mol. The number of alkyl halides is 3. The highest BCUT2D eigenvalue weighted by Gasteiger charge is 2.37. The standard InChI is InChI=1S/C33H33F3N6OS/c1-22(2)30(29(43)16-27-18-39-21-41(27)19-24-14-12-23(17-37)13-15-24)31(38)42(32(44)40-26-9-4-3-5-10-26)20-25-8-6-7-11-28(25)33(34,35)36/h3-15,18,21-22,30-31H,16,19-20,38H2,1-2H3,(H,40,44)/t30-,31?/m1/s1. The van der Waals surface area contributed by atoms with Crippen LogP contribution < -0.4 is 11.1 Å². The van der Waals surface area contributed by atoms with Crippen LogP contribution in [0, 0.1) is 23.2 Å². The van der Waals surface area contributed by atoms with Gasteiger partial charge < -0.3 is 20.5 Å². The van der Waals surface area contributed by atoms with Crippen molar-refractivity contribution in [1.29, 1.82) is 5.26 Å². The smallest absolute Gasteiger partial charge is 0.333 e. The molecule has 0 saturated carbocycles. The zero-order valence-corrected chi connectivity index (χ0v) is 25.1. The molecule has 44 heavy (non-hydrogen) atoms. The third kappa shape index (κ3) is 8.09. The number of thiocarbonyl (C=S) groups is 1. The summed E-state index contributed by atoms with van der Waals surface area (Å²) in [6.07, 6.45) is -2.36. The Morgan fingerprint density at radius 2 is 1.73 bits per heavy atom. The molecule has 4 aromatic rings. The molecule has 11 heteroatoms. The summed E-state index contributed by atoms with van der Waals surface area (Å²) < 4.78 is 43.6. The maximum atomic E-state index is 13.9. The Morgan fingerprint density at radius 1 is 1.07 bits per heavy atom. The fourth-order valence-electron chi connectivity index (χ4n) is 5.11. The van der Waals surface area contributed by atoms with Crippen molar-refractivity contribution >= 4 is 28.8 Å². The molecule has 1 aromatic heterocycles. The molecule has 0 saturated heterocycles. The highest BCUT2D eigenvalue weighted by Crippen LogP contribution is 2.33. The number of Topliss-reactive ketones (excluding diaryl/α,β-unsaturated/α-hetero) is 1. The van der Waals surface area contributed by atoms with Crippen molar-refractivity contribution in [3.05, 3.63) is 119 Å². The molecule has 0 radical (unpaired) electrons. The number of carbonyl (C=O) groups is 1. The van der Waals surface area contributed by atoms with Gasteiger partial charge in [0, 0.05) is 37.1 Å². The summed E-state index contributed by atoms with van der Waals surface area (Å²) >= 11 is 5.70. The average molecular weight is 619 g/mol. The van der Waals surface area contributed by atoms with Gasteiger partial charge in [-0.25, -0.2) is 4.98 Å². The number of hydrogen-bond donors (Lipinski definition) is 2. The normalized spacial score (nSPS) is 12.8. The van der Waals surface area contributed by atoms with Crippen molar-refractivity contribution in [3.8, 4) is 6.07 Å². The van der Waals surface area contributed by atoms with E-state index in [1.165, 1.54) is 23.1 Å². The van der Waals surface area contributed by atoms with Crippen molar-refractivity contribution in [2.45, 2.75) is 45.7 Å². The number of para-hydroxylation sites is 1. The van der Waals surface area contributed by atoms with Crippen molar-refractivity contribution in [1.82, 2.24) is 14.5 Å². The maximum absolute atomic E-state index is 13.9. The van der Waals surface area contributed by atoms with E-state index < -0.39 is 23.8 Å². The lowest BCUT2D eigenvalue weighted by atomic mass is 9.86. The number of nitrogens with zero attached hydrogens (tertiary/aromatic N) is 4. The van der Waals surface area contributed by atoms with Gasteiger partial charge in [0.05, 0.1) is 35.6 Å². The molecule has 0 amide bonds. The van der Waals surface area contributed by atoms with E-state index in [1.807, 2.05) is 36.6 Å². The zero-order valence-electron chi connectivity index (χ0n) is 24.3. The molecule has 0 aliphatic rings. The summed E-state index contributed by atoms with van der Waals surface area (Å²) in [6.45, 7) is 3.89. The number of ketones is 1. The highest BCUT2D eigenvalue weighted by atomic mass is 32.1. The second-order valence-electron chi connectivity index (χ2n) is 10.8. The largest absolute Gasteiger partial charge is 0.416 e. The van der Waals surface area contributed by atoms with Gasteiger partial charge in [0.15, 0.2) is 5.11 Å². The number of imidazole rings is 1. The van der Waals surface area contributed by atoms with Gasteiger partial charge in [-0.05, 0) is 59.6 Å². The van der Waals surface area contributed by atoms with Crippen LogP contribution in [0.25, 0.3) is 0 Å². The maximum Gasteiger partial charge on any atom is 0.416 e. The quantitative estimate of drug-likeness (QED) is 0.148. The number of anilines is 1. The average Bonchev–Trinajstić information content (AvgIpc) is 3.42. The fourth-order valence-corrected chi connectivity index (χ4v) is 5.42. The molecule has 2 atom stereocenters. The van der Waals surface area contributed by atoms with Crippen molar-refractivity contribution in [2.75, 3.05) is 5.32 Å². The third-order valence-electron chi connectivity index (χ3n) is 7.36. The number of halogens is 3. The molecule has 3 N–H and O–H groups in total. The molecule has 0 spiro atoms. The molecule has 0 aliphatic carbocycles. The van der Waals surface area contributed by atoms with Crippen molar-refractivity contribution in [3.63, 3.8) is 0 Å². The van der Waals surface area contributed by atoms with Crippen LogP contribution in [0.5, 0.6) is 0 Å². The number of aromatic nitrogens is 2. The third-order valence-corrected chi connectivity index (χ3v) is 7.69. The van der Waals surface area contributed by atoms with Crippen LogP contribution >= 0.6 is 12.2 Å². The Morgan fingerprint density at radius 3 is 2.36 bits per heavy atom. The molecule has 228 valence electrons. The van der Waals surface area contributed by atoms with Gasteiger partial charge in [0.2, 0.25) is 0 Å². The predicted molar refractivity (Wildman–Crippen MR) is 167 cm³/mol. The lowest BCUT2D eigenvalue weighted by Gasteiger charge is -2.38. The van der Waals surface area contributed by atoms with Crippen LogP contribution in [0.15, 0.2) is 91.4 Å². The minimum absolute atomic E-state index is 0.0110. The van der Waals surface area contributed by atoms with Crippen LogP contribution in [-0.2, 0) is 30.5 Å². The minimum Gasteiger partial charge on any atom is -0.333 e. The first-order valence-electron chi connectivity index (χ1n) is 14.0. The summed E-state index contributed by atoms with van der Waals surface area (Å²) in [4.78, 5) is 19.6. The molecule has 0 fully saturated rings. The van der Waals surface area contributed by atoms with Gasteiger partial charge in [-0.15, -0.1) is 0 Å². The summed E-state index contributed by atoms with van der Waals surface area (Å²) in [7, 11) is 0. The molecule has 1 heterocycles. The lowest BCUT2D eigenvalue weighted by Crippen LogP contribution is -2.54. The first kappa shape index (κ1) is 32.4. The first-order chi connectivity index (χ1) is 21.0. The van der Waals surface area contributed by atoms with Gasteiger partial charge in [-0.1, -0.05) is 62.4 Å². The van der Waals surface area contributed by atoms with Gasteiger partial charge >= 0.3 is 6.18 Å². The Hall–Kier alpha value is -4.53. The van der Waals surface area contributed by atoms with E-state index in [0.29, 0.717) is 23.5 Å². The number of nitrogens with two attached hydrogens (primary N) is 1. The Kier molecular flexibility index (Phi) is 10.5. The number of hydrogen-bond acceptors (Lipinski definition) is 5. The topological polar surface area (TPSA) is 100.0 Å². The molecular weight excluding hydrogens is 585 g/mol. The minimum atomic E-state index is -4.58.